The first-order valence-corrected chi connectivity index (χ1v) is 9.98. The van der Waals surface area contributed by atoms with E-state index in [4.69, 9.17) is 0 Å². The number of carbonyl (C=O) groups is 1. The van der Waals surface area contributed by atoms with Crippen molar-refractivity contribution in [1.29, 1.82) is 0 Å². The molecule has 0 spiro atoms. The summed E-state index contributed by atoms with van der Waals surface area (Å²) in [5.74, 6) is -1.57. The van der Waals surface area contributed by atoms with Crippen molar-refractivity contribution in [2.24, 2.45) is 0 Å². The molecule has 0 fully saturated rings. The van der Waals surface area contributed by atoms with Gasteiger partial charge in [-0.2, -0.15) is 21.6 Å². The van der Waals surface area contributed by atoms with Crippen LogP contribution >= 0.6 is 0 Å². The minimum Gasteiger partial charge on any atom is -0.376 e. The van der Waals surface area contributed by atoms with E-state index in [2.05, 4.69) is 4.18 Å². The van der Waals surface area contributed by atoms with E-state index in [0.29, 0.717) is 6.07 Å². The molecule has 3 rings (SSSR count). The summed E-state index contributed by atoms with van der Waals surface area (Å²) in [5, 5.41) is 0. The van der Waals surface area contributed by atoms with E-state index in [0.717, 1.165) is 23.5 Å². The number of anilines is 1. The highest BCUT2D eigenvalue weighted by atomic mass is 32.2. The van der Waals surface area contributed by atoms with Crippen molar-refractivity contribution in [3.05, 3.63) is 53.6 Å². The summed E-state index contributed by atoms with van der Waals surface area (Å²) in [6.45, 7) is 0. The van der Waals surface area contributed by atoms with E-state index in [1.165, 1.54) is 24.3 Å². The van der Waals surface area contributed by atoms with Crippen LogP contribution in [0.4, 0.5) is 18.9 Å². The largest absolute Gasteiger partial charge is 0.534 e. The minimum absolute atomic E-state index is 0.0684. The van der Waals surface area contributed by atoms with Gasteiger partial charge >= 0.3 is 15.6 Å². The van der Waals surface area contributed by atoms with Gasteiger partial charge in [-0.1, -0.05) is 12.1 Å². The van der Waals surface area contributed by atoms with Crippen molar-refractivity contribution in [3.8, 4) is 5.75 Å². The molecule has 0 radical (unpaired) electrons. The molecule has 7 nitrogen and oxygen atoms in total. The molecule has 0 unspecified atom stereocenters. The first-order chi connectivity index (χ1) is 12.4. The van der Waals surface area contributed by atoms with E-state index in [9.17, 15) is 34.8 Å². The Morgan fingerprint density at radius 1 is 1.04 bits per heavy atom. The predicted octanol–water partition coefficient (Wildman–Crippen LogP) is 2.28. The summed E-state index contributed by atoms with van der Waals surface area (Å²) in [4.78, 5) is 12.0. The maximum Gasteiger partial charge on any atom is 0.534 e. The molecule has 12 heteroatoms. The topological polar surface area (TPSA) is 97.8 Å². The van der Waals surface area contributed by atoms with Gasteiger partial charge in [0.25, 0.3) is 10.0 Å². The van der Waals surface area contributed by atoms with Gasteiger partial charge in [-0.25, -0.2) is 8.42 Å². The van der Waals surface area contributed by atoms with E-state index in [1.54, 1.807) is 0 Å². The summed E-state index contributed by atoms with van der Waals surface area (Å²) in [6, 6.07) is 8.09. The normalized spacial score (nSPS) is 16.3. The van der Waals surface area contributed by atoms with Gasteiger partial charge in [0.2, 0.25) is 0 Å². The average molecular weight is 421 g/mol. The number of nitrogens with zero attached hydrogens (tertiary/aromatic N) is 1. The van der Waals surface area contributed by atoms with E-state index < -0.39 is 42.1 Å². The number of fused-ring (bicyclic) bond motifs is 2. The van der Waals surface area contributed by atoms with Crippen molar-refractivity contribution in [2.75, 3.05) is 11.4 Å². The molecule has 1 aliphatic heterocycles. The lowest BCUT2D eigenvalue weighted by Crippen LogP contribution is -2.28. The molecule has 2 aromatic carbocycles. The van der Waals surface area contributed by atoms with E-state index >= 15 is 0 Å². The number of rotatable bonds is 2. The Morgan fingerprint density at radius 3 is 2.30 bits per heavy atom. The quantitative estimate of drug-likeness (QED) is 0.545. The zero-order valence-corrected chi connectivity index (χ0v) is 15.0. The van der Waals surface area contributed by atoms with Crippen molar-refractivity contribution < 1.29 is 39.0 Å². The summed E-state index contributed by atoms with van der Waals surface area (Å²) < 4.78 is 90.1. The van der Waals surface area contributed by atoms with Gasteiger partial charge in [0.15, 0.2) is 5.78 Å². The fourth-order valence-corrected chi connectivity index (χ4v) is 4.36. The molecule has 0 amide bonds. The zero-order chi connectivity index (χ0) is 20.2. The molecule has 0 saturated carbocycles. The van der Waals surface area contributed by atoms with Crippen LogP contribution in [0.15, 0.2) is 47.4 Å². The standard InChI is InChI=1S/C15H10F3NO6S2/c1-19-12-5-3-2-4-10(12)14(20)11-7-6-9(8-13(11)26(19,21)22)25-27(23,24)15(16,17)18/h2-8H,1H3. The first-order valence-electron chi connectivity index (χ1n) is 7.14. The highest BCUT2D eigenvalue weighted by Crippen LogP contribution is 2.36. The monoisotopic (exact) mass is 421 g/mol. The van der Waals surface area contributed by atoms with Gasteiger partial charge in [0.05, 0.1) is 5.69 Å². The molecule has 0 saturated heterocycles. The van der Waals surface area contributed by atoms with Crippen molar-refractivity contribution >= 4 is 31.6 Å². The van der Waals surface area contributed by atoms with Crippen LogP contribution in [-0.2, 0) is 20.1 Å². The lowest BCUT2D eigenvalue weighted by Gasteiger charge is -2.19. The third-order valence-corrected chi connectivity index (χ3v) is 6.60. The third-order valence-electron chi connectivity index (χ3n) is 3.81. The second-order valence-electron chi connectivity index (χ2n) is 5.46. The number of carbonyl (C=O) groups excluding carboxylic acids is 1. The van der Waals surface area contributed by atoms with Crippen LogP contribution in [0.2, 0.25) is 0 Å². The Balaban J connectivity index is 2.20. The Bertz CT molecular complexity index is 1160. The molecular formula is C15H10F3NO6S2. The molecule has 0 N–H and O–H groups in total. The smallest absolute Gasteiger partial charge is 0.376 e. The number of ketones is 1. The lowest BCUT2D eigenvalue weighted by atomic mass is 10.0. The first kappa shape index (κ1) is 19.2. The highest BCUT2D eigenvalue weighted by Gasteiger charge is 2.48. The van der Waals surface area contributed by atoms with Crippen LogP contribution in [0.3, 0.4) is 0 Å². The predicted molar refractivity (Wildman–Crippen MR) is 87.5 cm³/mol. The van der Waals surface area contributed by atoms with Gasteiger partial charge in [-0.05, 0) is 24.3 Å². The fourth-order valence-electron chi connectivity index (χ4n) is 2.49. The number of hydrogen-bond donors (Lipinski definition) is 0. The lowest BCUT2D eigenvalue weighted by molar-refractivity contribution is -0.0500. The number of alkyl halides is 3. The summed E-state index contributed by atoms with van der Waals surface area (Å²) in [5.41, 5.74) is -5.87. The summed E-state index contributed by atoms with van der Waals surface area (Å²) in [6.07, 6.45) is 0. The van der Waals surface area contributed by atoms with Gasteiger partial charge < -0.3 is 4.18 Å². The molecule has 1 heterocycles. The molecule has 27 heavy (non-hydrogen) atoms. The molecule has 0 aliphatic carbocycles. The summed E-state index contributed by atoms with van der Waals surface area (Å²) >= 11 is 0. The number of halogens is 3. The van der Waals surface area contributed by atoms with Crippen molar-refractivity contribution in [3.63, 3.8) is 0 Å². The number of hydrogen-bond acceptors (Lipinski definition) is 6. The van der Waals surface area contributed by atoms with Crippen LogP contribution in [-0.4, -0.2) is 35.2 Å². The third kappa shape index (κ3) is 3.04. The molecule has 2 aromatic rings. The molecule has 0 aromatic heterocycles. The molecule has 0 atom stereocenters. The minimum atomic E-state index is -6.00. The van der Waals surface area contributed by atoms with Gasteiger partial charge in [-0.15, -0.1) is 0 Å². The Morgan fingerprint density at radius 2 is 1.67 bits per heavy atom. The van der Waals surface area contributed by atoms with Crippen LogP contribution in [0.25, 0.3) is 0 Å². The maximum absolute atomic E-state index is 12.8. The maximum atomic E-state index is 12.8. The summed E-state index contributed by atoms with van der Waals surface area (Å²) in [7, 11) is -9.20. The molecule has 1 aliphatic rings. The van der Waals surface area contributed by atoms with Crippen LogP contribution in [0.5, 0.6) is 5.75 Å². The van der Waals surface area contributed by atoms with Crippen molar-refractivity contribution in [2.45, 2.75) is 10.4 Å². The highest BCUT2D eigenvalue weighted by molar-refractivity contribution is 7.93. The average Bonchev–Trinajstić information content (AvgIpc) is 2.64. The SMILES string of the molecule is CN1c2ccccc2C(=O)c2ccc(OS(=O)(=O)C(F)(F)F)cc2S1(=O)=O. The van der Waals surface area contributed by atoms with E-state index in [-0.39, 0.29) is 16.8 Å². The Labute approximate surface area is 152 Å². The number of benzene rings is 2. The van der Waals surface area contributed by atoms with Crippen LogP contribution in [0, 0.1) is 0 Å². The van der Waals surface area contributed by atoms with E-state index in [1.807, 2.05) is 0 Å². The zero-order valence-electron chi connectivity index (χ0n) is 13.4. The number of sulfonamides is 1. The van der Waals surface area contributed by atoms with Gasteiger partial charge in [-0.3, -0.25) is 9.10 Å². The molecule has 0 bridgehead atoms. The molecule has 144 valence electrons. The van der Waals surface area contributed by atoms with Gasteiger partial charge in [0.1, 0.15) is 10.6 Å². The second kappa shape index (κ2) is 5.96. The fraction of sp³-hybridized carbons (Fsp3) is 0.133. The Kier molecular flexibility index (Phi) is 4.23. The Hall–Kier alpha value is -2.60. The molecular weight excluding hydrogens is 411 g/mol. The van der Waals surface area contributed by atoms with Crippen LogP contribution < -0.4 is 8.49 Å². The van der Waals surface area contributed by atoms with Crippen molar-refractivity contribution in [1.82, 2.24) is 0 Å². The number of para-hydroxylation sites is 1. The van der Waals surface area contributed by atoms with Crippen LogP contribution in [0.1, 0.15) is 15.9 Å². The van der Waals surface area contributed by atoms with Gasteiger partial charge in [0, 0.05) is 24.2 Å². The second-order valence-corrected chi connectivity index (χ2v) is 8.94.